The minimum Gasteiger partial charge on any atom is -0.383 e. The van der Waals surface area contributed by atoms with Crippen molar-refractivity contribution in [1.82, 2.24) is 25.1 Å². The molecule has 2 aliphatic heterocycles. The summed E-state index contributed by atoms with van der Waals surface area (Å²) in [4.78, 5) is 26.0. The van der Waals surface area contributed by atoms with Gasteiger partial charge in [-0.05, 0) is 38.3 Å². The van der Waals surface area contributed by atoms with Crippen molar-refractivity contribution < 1.29 is 9.53 Å². The van der Waals surface area contributed by atoms with Crippen LogP contribution in [0.4, 0.5) is 0 Å². The van der Waals surface area contributed by atoms with Crippen LogP contribution in [0.25, 0.3) is 0 Å². The van der Waals surface area contributed by atoms with E-state index in [1.165, 1.54) is 0 Å². The van der Waals surface area contributed by atoms with Crippen LogP contribution in [0.1, 0.15) is 31.5 Å². The van der Waals surface area contributed by atoms with Crippen LogP contribution in [0.2, 0.25) is 0 Å². The number of hydrogen-bond donors (Lipinski definition) is 1. The fourth-order valence-electron chi connectivity index (χ4n) is 4.03. The fourth-order valence-corrected chi connectivity index (χ4v) is 4.03. The van der Waals surface area contributed by atoms with Crippen LogP contribution in [0.15, 0.2) is 18.5 Å². The van der Waals surface area contributed by atoms with Gasteiger partial charge in [0.15, 0.2) is 0 Å². The quantitative estimate of drug-likeness (QED) is 0.728. The van der Waals surface area contributed by atoms with Crippen LogP contribution >= 0.6 is 0 Å². The number of piperidine rings is 2. The lowest BCUT2D eigenvalue weighted by Gasteiger charge is -2.41. The summed E-state index contributed by atoms with van der Waals surface area (Å²) in [6.07, 6.45) is 8.04. The van der Waals surface area contributed by atoms with Gasteiger partial charge < -0.3 is 10.1 Å². The summed E-state index contributed by atoms with van der Waals surface area (Å²) in [6.45, 7) is 6.17. The second-order valence-corrected chi connectivity index (χ2v) is 7.29. The van der Waals surface area contributed by atoms with E-state index in [-0.39, 0.29) is 11.8 Å². The summed E-state index contributed by atoms with van der Waals surface area (Å²) in [7, 11) is 1.66. The largest absolute Gasteiger partial charge is 0.383 e. The molecule has 1 atom stereocenters. The Kier molecular flexibility index (Phi) is 7.34. The van der Waals surface area contributed by atoms with E-state index >= 15 is 0 Å². The number of hydrogen-bond acceptors (Lipinski definition) is 6. The molecule has 0 aromatic carbocycles. The molecule has 2 fully saturated rings. The molecule has 144 valence electrons. The Hall–Kier alpha value is -1.57. The zero-order valence-electron chi connectivity index (χ0n) is 15.8. The molecule has 0 radical (unpaired) electrons. The van der Waals surface area contributed by atoms with Gasteiger partial charge in [0.1, 0.15) is 5.82 Å². The number of carbonyl (C=O) groups is 1. The van der Waals surface area contributed by atoms with Gasteiger partial charge in [0, 0.05) is 51.7 Å². The van der Waals surface area contributed by atoms with Crippen LogP contribution in [-0.2, 0) is 16.1 Å². The number of methoxy groups -OCH3 is 1. The molecule has 1 N–H and O–H groups in total. The van der Waals surface area contributed by atoms with E-state index < -0.39 is 0 Å². The molecule has 0 aliphatic carbocycles. The topological polar surface area (TPSA) is 70.6 Å². The highest BCUT2D eigenvalue weighted by molar-refractivity contribution is 5.78. The summed E-state index contributed by atoms with van der Waals surface area (Å²) in [5.74, 6) is 1.21. The SMILES string of the molecule is COCCNC(=O)C1CCCN(C2CCN(Cc3ncccn3)CC2)C1. The smallest absolute Gasteiger partial charge is 0.224 e. The van der Waals surface area contributed by atoms with E-state index in [2.05, 4.69) is 25.1 Å². The van der Waals surface area contributed by atoms with Gasteiger partial charge in [0.25, 0.3) is 0 Å². The first-order chi connectivity index (χ1) is 12.8. The van der Waals surface area contributed by atoms with Crippen molar-refractivity contribution in [2.24, 2.45) is 5.92 Å². The number of nitrogens with one attached hydrogen (secondary N) is 1. The van der Waals surface area contributed by atoms with Crippen molar-refractivity contribution in [3.05, 3.63) is 24.3 Å². The first-order valence-electron chi connectivity index (χ1n) is 9.75. The summed E-state index contributed by atoms with van der Waals surface area (Å²) < 4.78 is 5.01. The maximum Gasteiger partial charge on any atom is 0.224 e. The maximum atomic E-state index is 12.3. The average molecular weight is 361 g/mol. The highest BCUT2D eigenvalue weighted by Gasteiger charge is 2.31. The maximum absolute atomic E-state index is 12.3. The fraction of sp³-hybridized carbons (Fsp3) is 0.737. The van der Waals surface area contributed by atoms with Crippen LogP contribution in [-0.4, -0.2) is 78.2 Å². The summed E-state index contributed by atoms with van der Waals surface area (Å²) in [5, 5.41) is 3.00. The zero-order chi connectivity index (χ0) is 18.2. The predicted molar refractivity (Wildman–Crippen MR) is 99.5 cm³/mol. The zero-order valence-corrected chi connectivity index (χ0v) is 15.8. The molecule has 3 heterocycles. The Morgan fingerprint density at radius 3 is 2.73 bits per heavy atom. The lowest BCUT2D eigenvalue weighted by atomic mass is 9.93. The summed E-state index contributed by atoms with van der Waals surface area (Å²) in [5.41, 5.74) is 0. The van der Waals surface area contributed by atoms with Crippen molar-refractivity contribution in [1.29, 1.82) is 0 Å². The van der Waals surface area contributed by atoms with Gasteiger partial charge in [-0.15, -0.1) is 0 Å². The van der Waals surface area contributed by atoms with E-state index in [1.807, 2.05) is 6.07 Å². The predicted octanol–water partition coefficient (Wildman–Crippen LogP) is 0.916. The Morgan fingerprint density at radius 1 is 1.23 bits per heavy atom. The number of rotatable bonds is 7. The van der Waals surface area contributed by atoms with Crippen molar-refractivity contribution in [3.63, 3.8) is 0 Å². The van der Waals surface area contributed by atoms with Gasteiger partial charge in [-0.1, -0.05) is 0 Å². The molecule has 2 saturated heterocycles. The number of carbonyl (C=O) groups excluding carboxylic acids is 1. The number of aromatic nitrogens is 2. The van der Waals surface area contributed by atoms with Crippen LogP contribution < -0.4 is 5.32 Å². The van der Waals surface area contributed by atoms with Crippen LogP contribution in [0.5, 0.6) is 0 Å². The van der Waals surface area contributed by atoms with E-state index in [1.54, 1.807) is 19.5 Å². The number of ether oxygens (including phenoxy) is 1. The van der Waals surface area contributed by atoms with Crippen LogP contribution in [0, 0.1) is 5.92 Å². The first-order valence-corrected chi connectivity index (χ1v) is 9.75. The standard InChI is InChI=1S/C19H31N5O2/c1-26-13-9-22-19(25)16-4-2-10-24(14-16)17-5-11-23(12-6-17)15-18-20-7-3-8-21-18/h3,7-8,16-17H,2,4-6,9-15H2,1H3,(H,22,25). The Bertz CT molecular complexity index is 548. The third-order valence-electron chi connectivity index (χ3n) is 5.49. The third kappa shape index (κ3) is 5.46. The van der Waals surface area contributed by atoms with E-state index in [4.69, 9.17) is 4.74 Å². The highest BCUT2D eigenvalue weighted by Crippen LogP contribution is 2.24. The molecule has 3 rings (SSSR count). The van der Waals surface area contributed by atoms with E-state index in [9.17, 15) is 4.79 Å². The van der Waals surface area contributed by atoms with Gasteiger partial charge in [-0.2, -0.15) is 0 Å². The van der Waals surface area contributed by atoms with Gasteiger partial charge >= 0.3 is 0 Å². The first kappa shape index (κ1) is 19.2. The molecule has 0 spiro atoms. The number of amides is 1. The van der Waals surface area contributed by atoms with Crippen molar-refractivity contribution in [2.75, 3.05) is 46.4 Å². The minimum absolute atomic E-state index is 0.122. The summed E-state index contributed by atoms with van der Waals surface area (Å²) >= 11 is 0. The third-order valence-corrected chi connectivity index (χ3v) is 5.49. The molecular formula is C19H31N5O2. The second kappa shape index (κ2) is 9.94. The van der Waals surface area contributed by atoms with Crippen molar-refractivity contribution >= 4 is 5.91 Å². The average Bonchev–Trinajstić information content (AvgIpc) is 2.69. The number of nitrogens with zero attached hydrogens (tertiary/aromatic N) is 4. The lowest BCUT2D eigenvalue weighted by molar-refractivity contribution is -0.127. The molecule has 1 amide bonds. The van der Waals surface area contributed by atoms with Crippen molar-refractivity contribution in [2.45, 2.75) is 38.3 Å². The van der Waals surface area contributed by atoms with Gasteiger partial charge in [0.2, 0.25) is 5.91 Å². The molecule has 7 nitrogen and oxygen atoms in total. The molecule has 2 aliphatic rings. The molecule has 1 aromatic heterocycles. The monoisotopic (exact) mass is 361 g/mol. The Balaban J connectivity index is 1.43. The molecule has 0 saturated carbocycles. The van der Waals surface area contributed by atoms with Gasteiger partial charge in [-0.3, -0.25) is 14.6 Å². The number of likely N-dealkylation sites (tertiary alicyclic amines) is 2. The Labute approximate surface area is 156 Å². The normalized spacial score (nSPS) is 23.0. The molecule has 7 heteroatoms. The Morgan fingerprint density at radius 2 is 2.00 bits per heavy atom. The molecular weight excluding hydrogens is 330 g/mol. The molecule has 26 heavy (non-hydrogen) atoms. The molecule has 1 unspecified atom stereocenters. The highest BCUT2D eigenvalue weighted by atomic mass is 16.5. The van der Waals surface area contributed by atoms with Crippen LogP contribution in [0.3, 0.4) is 0 Å². The lowest BCUT2D eigenvalue weighted by Crippen LogP contribution is -2.50. The molecule has 1 aromatic rings. The van der Waals surface area contributed by atoms with Gasteiger partial charge in [0.05, 0.1) is 19.1 Å². The van der Waals surface area contributed by atoms with E-state index in [0.717, 1.165) is 64.2 Å². The van der Waals surface area contributed by atoms with E-state index in [0.29, 0.717) is 19.2 Å². The second-order valence-electron chi connectivity index (χ2n) is 7.29. The molecule has 0 bridgehead atoms. The van der Waals surface area contributed by atoms with Crippen molar-refractivity contribution in [3.8, 4) is 0 Å². The minimum atomic E-state index is 0.122. The van der Waals surface area contributed by atoms with Gasteiger partial charge in [-0.25, -0.2) is 9.97 Å². The summed E-state index contributed by atoms with van der Waals surface area (Å²) in [6, 6.07) is 2.45.